The highest BCUT2D eigenvalue weighted by Crippen LogP contribution is 2.13. The van der Waals surface area contributed by atoms with Crippen LogP contribution in [-0.2, 0) is 28.6 Å². The summed E-state index contributed by atoms with van der Waals surface area (Å²) in [4.78, 5) is 38.0. The third-order valence-electron chi connectivity index (χ3n) is 10.7. The summed E-state index contributed by atoms with van der Waals surface area (Å²) in [5.41, 5.74) is 0. The molecule has 0 fully saturated rings. The molecule has 0 bridgehead atoms. The first-order valence-electron chi connectivity index (χ1n) is 26.4. The zero-order valence-electron chi connectivity index (χ0n) is 42.0. The molecule has 0 N–H and O–H groups in total. The predicted octanol–water partition coefficient (Wildman–Crippen LogP) is 17.5. The van der Waals surface area contributed by atoms with E-state index in [1.165, 1.54) is 64.2 Å². The van der Waals surface area contributed by atoms with Gasteiger partial charge in [-0.05, 0) is 116 Å². The van der Waals surface area contributed by atoms with Gasteiger partial charge in [-0.2, -0.15) is 0 Å². The highest BCUT2D eigenvalue weighted by molar-refractivity contribution is 5.71. The van der Waals surface area contributed by atoms with Crippen LogP contribution in [0.25, 0.3) is 0 Å². The normalized spacial score (nSPS) is 13.0. The molecule has 0 aliphatic carbocycles. The van der Waals surface area contributed by atoms with E-state index in [4.69, 9.17) is 14.2 Å². The van der Waals surface area contributed by atoms with Gasteiger partial charge in [-0.1, -0.05) is 201 Å². The molecule has 0 heterocycles. The maximum absolute atomic E-state index is 12.8. The van der Waals surface area contributed by atoms with Crippen molar-refractivity contribution in [2.75, 3.05) is 13.2 Å². The Morgan fingerprint density at radius 3 is 1.00 bits per heavy atom. The monoisotopic (exact) mass is 901 g/mol. The number of unbranched alkanes of at least 4 members (excludes halogenated alkanes) is 17. The molecule has 0 aromatic carbocycles. The number of hydrogen-bond donors (Lipinski definition) is 0. The van der Waals surface area contributed by atoms with Crippen molar-refractivity contribution in [2.24, 2.45) is 0 Å². The molecule has 1 unspecified atom stereocenters. The Kier molecular flexibility index (Phi) is 49.5. The number of carbonyl (C=O) groups is 3. The number of ether oxygens (including phenoxy) is 3. The molecular weight excluding hydrogens is 805 g/mol. The number of allylic oxidation sites excluding steroid dienone is 18. The highest BCUT2D eigenvalue weighted by Gasteiger charge is 2.19. The Morgan fingerprint density at radius 2 is 0.615 bits per heavy atom. The molecule has 0 spiro atoms. The molecule has 0 aromatic heterocycles. The Hall–Kier alpha value is -3.93. The average Bonchev–Trinajstić information content (AvgIpc) is 3.30. The largest absolute Gasteiger partial charge is 0.462 e. The minimum absolute atomic E-state index is 0.107. The van der Waals surface area contributed by atoms with Crippen molar-refractivity contribution < 1.29 is 28.6 Å². The van der Waals surface area contributed by atoms with E-state index in [9.17, 15) is 14.4 Å². The van der Waals surface area contributed by atoms with Crippen LogP contribution in [0.5, 0.6) is 0 Å². The molecule has 0 aliphatic rings. The van der Waals surface area contributed by atoms with Crippen molar-refractivity contribution in [3.63, 3.8) is 0 Å². The average molecular weight is 901 g/mol. The molecule has 65 heavy (non-hydrogen) atoms. The second-order valence-electron chi connectivity index (χ2n) is 17.0. The first-order chi connectivity index (χ1) is 32.0. The van der Waals surface area contributed by atoms with Crippen molar-refractivity contribution in [3.05, 3.63) is 109 Å². The molecule has 6 heteroatoms. The molecule has 0 aromatic rings. The molecule has 0 saturated heterocycles. The van der Waals surface area contributed by atoms with Gasteiger partial charge in [0.15, 0.2) is 6.10 Å². The molecule has 0 saturated carbocycles. The van der Waals surface area contributed by atoms with Crippen LogP contribution in [0.3, 0.4) is 0 Å². The van der Waals surface area contributed by atoms with E-state index in [2.05, 4.69) is 130 Å². The molecule has 1 atom stereocenters. The zero-order chi connectivity index (χ0) is 47.2. The topological polar surface area (TPSA) is 78.9 Å². The van der Waals surface area contributed by atoms with Crippen molar-refractivity contribution in [1.82, 2.24) is 0 Å². The van der Waals surface area contributed by atoms with E-state index >= 15 is 0 Å². The Bertz CT molecular complexity index is 1360. The van der Waals surface area contributed by atoms with Crippen molar-refractivity contribution in [2.45, 2.75) is 232 Å². The van der Waals surface area contributed by atoms with Gasteiger partial charge in [-0.25, -0.2) is 0 Å². The molecule has 0 radical (unpaired) electrons. The van der Waals surface area contributed by atoms with Crippen LogP contribution in [0.15, 0.2) is 109 Å². The third kappa shape index (κ3) is 50.9. The van der Waals surface area contributed by atoms with Crippen LogP contribution in [0, 0.1) is 0 Å². The quantitative estimate of drug-likeness (QED) is 0.0262. The summed E-state index contributed by atoms with van der Waals surface area (Å²) < 4.78 is 16.8. The lowest BCUT2D eigenvalue weighted by molar-refractivity contribution is -0.167. The fourth-order valence-corrected chi connectivity index (χ4v) is 6.84. The van der Waals surface area contributed by atoms with Crippen molar-refractivity contribution in [1.29, 1.82) is 0 Å². The zero-order valence-corrected chi connectivity index (χ0v) is 42.0. The first kappa shape index (κ1) is 61.1. The molecule has 368 valence electrons. The second-order valence-corrected chi connectivity index (χ2v) is 17.0. The van der Waals surface area contributed by atoms with Gasteiger partial charge in [-0.15, -0.1) is 0 Å². The minimum Gasteiger partial charge on any atom is -0.462 e. The SMILES string of the molecule is CC/C=C\C/C=C\C/C=C\CCCCCCCCC(=O)OC(COC(=O)CCC/C=C\C/C=C\C/C=C\C/C=C\CCCCC)COC(=O)CCCCCCCCC/C=C\C/C=C\CC. The minimum atomic E-state index is -0.812. The lowest BCUT2D eigenvalue weighted by Crippen LogP contribution is -2.30. The van der Waals surface area contributed by atoms with Crippen LogP contribution in [0.1, 0.15) is 226 Å². The molecule has 0 rings (SSSR count). The van der Waals surface area contributed by atoms with Crippen LogP contribution in [-0.4, -0.2) is 37.2 Å². The van der Waals surface area contributed by atoms with Gasteiger partial charge < -0.3 is 14.2 Å². The van der Waals surface area contributed by atoms with Crippen molar-refractivity contribution >= 4 is 17.9 Å². The van der Waals surface area contributed by atoms with E-state index in [0.29, 0.717) is 19.3 Å². The van der Waals surface area contributed by atoms with E-state index in [0.717, 1.165) is 116 Å². The van der Waals surface area contributed by atoms with Crippen LogP contribution in [0.4, 0.5) is 0 Å². The molecule has 0 aliphatic heterocycles. The third-order valence-corrected chi connectivity index (χ3v) is 10.7. The number of esters is 3. The predicted molar refractivity (Wildman–Crippen MR) is 279 cm³/mol. The summed E-state index contributed by atoms with van der Waals surface area (Å²) in [6.07, 6.45) is 70.7. The number of rotatable bonds is 46. The van der Waals surface area contributed by atoms with Gasteiger partial charge >= 0.3 is 17.9 Å². The van der Waals surface area contributed by atoms with Gasteiger partial charge in [0.25, 0.3) is 0 Å². The summed E-state index contributed by atoms with van der Waals surface area (Å²) in [6.45, 7) is 6.32. The summed E-state index contributed by atoms with van der Waals surface area (Å²) in [5.74, 6) is -0.990. The molecular formula is C59H96O6. The van der Waals surface area contributed by atoms with Gasteiger partial charge in [-0.3, -0.25) is 14.4 Å². The number of carbonyl (C=O) groups excluding carboxylic acids is 3. The second kappa shape index (κ2) is 52.7. The van der Waals surface area contributed by atoms with E-state index in [1.807, 2.05) is 0 Å². The van der Waals surface area contributed by atoms with E-state index < -0.39 is 6.10 Å². The van der Waals surface area contributed by atoms with E-state index in [-0.39, 0.29) is 37.5 Å². The Labute approximate surface area is 400 Å². The first-order valence-corrected chi connectivity index (χ1v) is 26.4. The van der Waals surface area contributed by atoms with Gasteiger partial charge in [0.2, 0.25) is 0 Å². The van der Waals surface area contributed by atoms with Crippen LogP contribution >= 0.6 is 0 Å². The fourth-order valence-electron chi connectivity index (χ4n) is 6.84. The highest BCUT2D eigenvalue weighted by atomic mass is 16.6. The van der Waals surface area contributed by atoms with Crippen molar-refractivity contribution in [3.8, 4) is 0 Å². The standard InChI is InChI=1S/C59H96O6/c1-4-7-10-13-16-19-22-25-28-30-32-34-37-40-43-46-49-52-58(61)64-55-56(54-63-57(60)51-48-45-42-39-36-33-27-24-21-18-15-12-9-6-3)65-59(62)53-50-47-44-41-38-35-31-29-26-23-20-17-14-11-8-5-2/h8-9,11-12,16-21,25-26,28-29,32,34,40,43,56H,4-7,10,13-15,22-24,27,30-31,33,35-39,41-42,44-55H2,1-3H3/b11-8-,12-9-,19-16-,20-17-,21-18-,28-25-,29-26-,34-32-,43-40-. The molecule has 0 amide bonds. The lowest BCUT2D eigenvalue weighted by atomic mass is 10.1. The summed E-state index contributed by atoms with van der Waals surface area (Å²) >= 11 is 0. The van der Waals surface area contributed by atoms with E-state index in [1.54, 1.807) is 0 Å². The maximum Gasteiger partial charge on any atom is 0.306 e. The molecule has 6 nitrogen and oxygen atoms in total. The summed E-state index contributed by atoms with van der Waals surface area (Å²) in [6, 6.07) is 0. The van der Waals surface area contributed by atoms with Gasteiger partial charge in [0, 0.05) is 19.3 Å². The lowest BCUT2D eigenvalue weighted by Gasteiger charge is -2.18. The smallest absolute Gasteiger partial charge is 0.306 e. The van der Waals surface area contributed by atoms with Crippen LogP contribution in [0.2, 0.25) is 0 Å². The maximum atomic E-state index is 12.8. The Morgan fingerprint density at radius 1 is 0.323 bits per heavy atom. The fraction of sp³-hybridized carbons (Fsp3) is 0.644. The van der Waals surface area contributed by atoms with Gasteiger partial charge in [0.05, 0.1) is 0 Å². The summed E-state index contributed by atoms with van der Waals surface area (Å²) in [7, 11) is 0. The van der Waals surface area contributed by atoms with Crippen LogP contribution < -0.4 is 0 Å². The van der Waals surface area contributed by atoms with Gasteiger partial charge in [0.1, 0.15) is 13.2 Å². The number of hydrogen-bond acceptors (Lipinski definition) is 6. The Balaban J connectivity index is 4.52. The summed E-state index contributed by atoms with van der Waals surface area (Å²) in [5, 5.41) is 0.